The van der Waals surface area contributed by atoms with Crippen LogP contribution in [0, 0.1) is 5.92 Å². The van der Waals surface area contributed by atoms with Crippen LogP contribution in [0.3, 0.4) is 0 Å². The second-order valence-electron chi connectivity index (χ2n) is 5.97. The third kappa shape index (κ3) is 2.83. The summed E-state index contributed by atoms with van der Waals surface area (Å²) in [4.78, 5) is 18.9. The zero-order valence-electron chi connectivity index (χ0n) is 11.7. The molecule has 2 aliphatic rings. The highest BCUT2D eigenvalue weighted by Gasteiger charge is 2.35. The molecule has 3 rings (SSSR count). The van der Waals surface area contributed by atoms with Crippen molar-refractivity contribution in [3.05, 3.63) is 29.0 Å². The Bertz CT molecular complexity index is 485. The molecular formula is C16H21ClN2O. The van der Waals surface area contributed by atoms with Crippen LogP contribution in [0.1, 0.15) is 55.4 Å². The standard InChI is InChI=1S/C16H21ClN2O/c17-13-8-9-18-14(11-13)16(20)19-10-4-7-15(19)12-5-2-1-3-6-12/h8-9,11-12,15H,1-7,10H2. The minimum Gasteiger partial charge on any atom is -0.334 e. The fourth-order valence-electron chi connectivity index (χ4n) is 3.72. The van der Waals surface area contributed by atoms with Gasteiger partial charge in [0, 0.05) is 23.8 Å². The molecule has 0 N–H and O–H groups in total. The molecule has 1 unspecified atom stereocenters. The van der Waals surface area contributed by atoms with Gasteiger partial charge in [0.2, 0.25) is 0 Å². The first kappa shape index (κ1) is 13.9. The summed E-state index contributed by atoms with van der Waals surface area (Å²) in [5, 5.41) is 0.580. The van der Waals surface area contributed by atoms with Crippen LogP contribution in [0.4, 0.5) is 0 Å². The summed E-state index contributed by atoms with van der Waals surface area (Å²) in [5.41, 5.74) is 0.486. The number of rotatable bonds is 2. The fourth-order valence-corrected chi connectivity index (χ4v) is 3.88. The fraction of sp³-hybridized carbons (Fsp3) is 0.625. The third-order valence-corrected chi connectivity index (χ3v) is 4.93. The molecule has 108 valence electrons. The largest absolute Gasteiger partial charge is 0.334 e. The SMILES string of the molecule is O=C(c1cc(Cl)ccn1)N1CCCC1C1CCCCC1. The second-order valence-corrected chi connectivity index (χ2v) is 6.40. The van der Waals surface area contributed by atoms with E-state index in [-0.39, 0.29) is 5.91 Å². The smallest absolute Gasteiger partial charge is 0.272 e. The van der Waals surface area contributed by atoms with Gasteiger partial charge >= 0.3 is 0 Å². The molecule has 1 aromatic heterocycles. The van der Waals surface area contributed by atoms with E-state index in [0.717, 1.165) is 19.4 Å². The predicted octanol–water partition coefficient (Wildman–Crippen LogP) is 3.92. The highest BCUT2D eigenvalue weighted by Crippen LogP contribution is 2.34. The van der Waals surface area contributed by atoms with Gasteiger partial charge in [-0.15, -0.1) is 0 Å². The Balaban J connectivity index is 1.76. The van der Waals surface area contributed by atoms with Crippen LogP contribution in [0.5, 0.6) is 0 Å². The van der Waals surface area contributed by atoms with Gasteiger partial charge in [0.05, 0.1) is 0 Å². The summed E-state index contributed by atoms with van der Waals surface area (Å²) >= 11 is 5.97. The number of nitrogens with zero attached hydrogens (tertiary/aromatic N) is 2. The predicted molar refractivity (Wildman–Crippen MR) is 79.9 cm³/mol. The zero-order chi connectivity index (χ0) is 13.9. The van der Waals surface area contributed by atoms with Crippen molar-refractivity contribution in [1.82, 2.24) is 9.88 Å². The summed E-state index contributed by atoms with van der Waals surface area (Å²) in [5.74, 6) is 0.745. The molecule has 1 aliphatic carbocycles. The lowest BCUT2D eigenvalue weighted by Gasteiger charge is -2.34. The van der Waals surface area contributed by atoms with Gasteiger partial charge in [-0.25, -0.2) is 0 Å². The summed E-state index contributed by atoms with van der Waals surface area (Å²) in [6.07, 6.45) is 10.4. The molecule has 3 nitrogen and oxygen atoms in total. The van der Waals surface area contributed by atoms with Crippen molar-refractivity contribution in [2.75, 3.05) is 6.54 Å². The number of pyridine rings is 1. The monoisotopic (exact) mass is 292 g/mol. The minimum atomic E-state index is 0.0561. The molecule has 0 spiro atoms. The molecule has 0 bridgehead atoms. The highest BCUT2D eigenvalue weighted by atomic mass is 35.5. The van der Waals surface area contributed by atoms with Crippen LogP contribution in [0.15, 0.2) is 18.3 Å². The van der Waals surface area contributed by atoms with E-state index in [1.54, 1.807) is 18.3 Å². The zero-order valence-corrected chi connectivity index (χ0v) is 12.5. The lowest BCUT2D eigenvalue weighted by Crippen LogP contribution is -2.41. The molecule has 1 saturated carbocycles. The van der Waals surface area contributed by atoms with Gasteiger partial charge in [0.1, 0.15) is 5.69 Å². The third-order valence-electron chi connectivity index (χ3n) is 4.70. The minimum absolute atomic E-state index is 0.0561. The van der Waals surface area contributed by atoms with Crippen molar-refractivity contribution < 1.29 is 4.79 Å². The quantitative estimate of drug-likeness (QED) is 0.828. The van der Waals surface area contributed by atoms with Crippen LogP contribution < -0.4 is 0 Å². The van der Waals surface area contributed by atoms with Crippen LogP contribution in [-0.2, 0) is 0 Å². The van der Waals surface area contributed by atoms with Crippen LogP contribution in [0.25, 0.3) is 0 Å². The van der Waals surface area contributed by atoms with Crippen molar-refractivity contribution in [2.45, 2.75) is 51.0 Å². The molecule has 1 aliphatic heterocycles. The number of halogens is 1. The van der Waals surface area contributed by atoms with Gasteiger partial charge in [-0.05, 0) is 43.7 Å². The van der Waals surface area contributed by atoms with E-state index < -0.39 is 0 Å². The molecule has 2 heterocycles. The number of likely N-dealkylation sites (tertiary alicyclic amines) is 1. The first-order valence-corrected chi connectivity index (χ1v) is 8.06. The lowest BCUT2D eigenvalue weighted by atomic mass is 9.83. The van der Waals surface area contributed by atoms with Crippen molar-refractivity contribution in [1.29, 1.82) is 0 Å². The van der Waals surface area contributed by atoms with E-state index in [1.807, 2.05) is 0 Å². The van der Waals surface area contributed by atoms with Crippen molar-refractivity contribution in [2.24, 2.45) is 5.92 Å². The van der Waals surface area contributed by atoms with E-state index in [2.05, 4.69) is 9.88 Å². The van der Waals surface area contributed by atoms with Gasteiger partial charge in [0.25, 0.3) is 5.91 Å². The summed E-state index contributed by atoms with van der Waals surface area (Å²) in [6.45, 7) is 0.869. The molecule has 2 fully saturated rings. The average molecular weight is 293 g/mol. The summed E-state index contributed by atoms with van der Waals surface area (Å²) in [6, 6.07) is 3.81. The Hall–Kier alpha value is -1.09. The van der Waals surface area contributed by atoms with Gasteiger partial charge < -0.3 is 4.90 Å². The molecule has 0 aromatic carbocycles. The van der Waals surface area contributed by atoms with Crippen molar-refractivity contribution >= 4 is 17.5 Å². The van der Waals surface area contributed by atoms with Crippen LogP contribution >= 0.6 is 11.6 Å². The average Bonchev–Trinajstić information content (AvgIpc) is 2.97. The van der Waals surface area contributed by atoms with Crippen molar-refractivity contribution in [3.63, 3.8) is 0 Å². The molecule has 1 atom stereocenters. The number of hydrogen-bond donors (Lipinski definition) is 0. The number of carbonyl (C=O) groups is 1. The Morgan fingerprint density at radius 2 is 2.00 bits per heavy atom. The molecule has 0 radical (unpaired) electrons. The summed E-state index contributed by atoms with van der Waals surface area (Å²) in [7, 11) is 0. The molecule has 1 saturated heterocycles. The maximum Gasteiger partial charge on any atom is 0.272 e. The molecule has 1 amide bonds. The lowest BCUT2D eigenvalue weighted by molar-refractivity contribution is 0.0655. The van der Waals surface area contributed by atoms with Crippen LogP contribution in [0.2, 0.25) is 5.02 Å². The van der Waals surface area contributed by atoms with E-state index in [1.165, 1.54) is 32.1 Å². The number of amides is 1. The Kier molecular flexibility index (Phi) is 4.25. The second kappa shape index (κ2) is 6.13. The van der Waals surface area contributed by atoms with Gasteiger partial charge in [0.15, 0.2) is 0 Å². The van der Waals surface area contributed by atoms with Crippen LogP contribution in [-0.4, -0.2) is 28.4 Å². The number of aromatic nitrogens is 1. The molecule has 1 aromatic rings. The topological polar surface area (TPSA) is 33.2 Å². The van der Waals surface area contributed by atoms with Gasteiger partial charge in [-0.1, -0.05) is 30.9 Å². The van der Waals surface area contributed by atoms with E-state index in [0.29, 0.717) is 22.7 Å². The molecule has 20 heavy (non-hydrogen) atoms. The molecular weight excluding hydrogens is 272 g/mol. The van der Waals surface area contributed by atoms with Crippen molar-refractivity contribution in [3.8, 4) is 0 Å². The number of carbonyl (C=O) groups excluding carboxylic acids is 1. The normalized spacial score (nSPS) is 24.1. The maximum absolute atomic E-state index is 12.7. The Morgan fingerprint density at radius 3 is 2.75 bits per heavy atom. The Labute approximate surface area is 125 Å². The molecule has 4 heteroatoms. The van der Waals surface area contributed by atoms with E-state index >= 15 is 0 Å². The van der Waals surface area contributed by atoms with Gasteiger partial charge in [-0.3, -0.25) is 9.78 Å². The van der Waals surface area contributed by atoms with E-state index in [9.17, 15) is 4.79 Å². The first-order valence-electron chi connectivity index (χ1n) is 7.68. The highest BCUT2D eigenvalue weighted by molar-refractivity contribution is 6.30. The maximum atomic E-state index is 12.7. The first-order chi connectivity index (χ1) is 9.75. The summed E-state index contributed by atoms with van der Waals surface area (Å²) < 4.78 is 0. The van der Waals surface area contributed by atoms with E-state index in [4.69, 9.17) is 11.6 Å². The van der Waals surface area contributed by atoms with Gasteiger partial charge in [-0.2, -0.15) is 0 Å². The Morgan fingerprint density at radius 1 is 1.20 bits per heavy atom. The number of hydrogen-bond acceptors (Lipinski definition) is 2.